The Hall–Kier alpha value is -1.18. The first kappa shape index (κ1) is 20.1. The predicted octanol–water partition coefficient (Wildman–Crippen LogP) is 3.71. The average Bonchev–Trinajstić information content (AvgIpc) is 3.02. The van der Waals surface area contributed by atoms with Gasteiger partial charge in [-0.2, -0.15) is 0 Å². The molecule has 1 aromatic rings. The van der Waals surface area contributed by atoms with E-state index in [0.29, 0.717) is 6.79 Å². The monoisotopic (exact) mass is 459 g/mol. The molecule has 1 aliphatic carbocycles. The van der Waals surface area contributed by atoms with Crippen LogP contribution in [0.1, 0.15) is 37.7 Å². The molecule has 1 heterocycles. The fourth-order valence-electron chi connectivity index (χ4n) is 3.90. The van der Waals surface area contributed by atoms with E-state index in [1.54, 1.807) is 0 Å². The van der Waals surface area contributed by atoms with Crippen LogP contribution in [0, 0.1) is 0 Å². The molecule has 0 N–H and O–H groups in total. The number of hydrogen-bond donors (Lipinski definition) is 0. The molecule has 2 aliphatic rings. The number of aliphatic imine (C=N–C) groups is 1. The third-order valence-corrected chi connectivity index (χ3v) is 5.12. The minimum absolute atomic E-state index is 0. The number of benzene rings is 1. The van der Waals surface area contributed by atoms with E-state index in [9.17, 15) is 0 Å². The molecular formula is C19H30IN3O2. The number of fused-ring (bicyclic) bond motifs is 1. The summed E-state index contributed by atoms with van der Waals surface area (Å²) in [6.45, 7) is 1.15. The van der Waals surface area contributed by atoms with Crippen molar-refractivity contribution < 1.29 is 9.47 Å². The van der Waals surface area contributed by atoms with Crippen molar-refractivity contribution >= 4 is 29.9 Å². The van der Waals surface area contributed by atoms with Gasteiger partial charge in [0.25, 0.3) is 0 Å². The van der Waals surface area contributed by atoms with E-state index in [1.165, 1.54) is 37.7 Å². The van der Waals surface area contributed by atoms with Crippen molar-refractivity contribution in [3.8, 4) is 11.5 Å². The van der Waals surface area contributed by atoms with Crippen molar-refractivity contribution in [1.29, 1.82) is 0 Å². The van der Waals surface area contributed by atoms with Crippen LogP contribution in [-0.4, -0.2) is 57.3 Å². The summed E-state index contributed by atoms with van der Waals surface area (Å²) < 4.78 is 11.1. The Balaban J connectivity index is 0.00000225. The van der Waals surface area contributed by atoms with E-state index in [1.807, 2.05) is 28.2 Å². The summed E-state index contributed by atoms with van der Waals surface area (Å²) in [6, 6.07) is 6.43. The zero-order chi connectivity index (χ0) is 17.2. The molecule has 0 saturated heterocycles. The maximum absolute atomic E-state index is 5.60. The highest BCUT2D eigenvalue weighted by atomic mass is 127. The molecule has 5 nitrogen and oxygen atoms in total. The number of halogens is 1. The van der Waals surface area contributed by atoms with E-state index in [-0.39, 0.29) is 29.4 Å². The van der Waals surface area contributed by atoms with Crippen LogP contribution in [0.3, 0.4) is 0 Å². The maximum atomic E-state index is 5.60. The van der Waals surface area contributed by atoms with Crippen LogP contribution in [0.4, 0.5) is 0 Å². The smallest absolute Gasteiger partial charge is 0.231 e. The summed E-state index contributed by atoms with van der Waals surface area (Å²) in [5.74, 6) is 2.75. The van der Waals surface area contributed by atoms with E-state index in [4.69, 9.17) is 14.5 Å². The van der Waals surface area contributed by atoms with Gasteiger partial charge in [0.1, 0.15) is 0 Å². The Morgan fingerprint density at radius 1 is 1.00 bits per heavy atom. The fraction of sp³-hybridized carbons (Fsp3) is 0.632. The normalized spacial score (nSPS) is 17.4. The van der Waals surface area contributed by atoms with Gasteiger partial charge in [-0.3, -0.25) is 4.99 Å². The highest BCUT2D eigenvalue weighted by molar-refractivity contribution is 14.0. The van der Waals surface area contributed by atoms with Gasteiger partial charge in [-0.15, -0.1) is 24.0 Å². The number of ether oxygens (including phenoxy) is 2. The van der Waals surface area contributed by atoms with E-state index >= 15 is 0 Å². The maximum Gasteiger partial charge on any atom is 0.231 e. The SMILES string of the molecule is CN(C)C(=NCC1(c2ccc3c(c2)OCO3)CCCCC1)N(C)C.I. The first-order valence-electron chi connectivity index (χ1n) is 8.81. The predicted molar refractivity (Wildman–Crippen MR) is 112 cm³/mol. The van der Waals surface area contributed by atoms with Crippen LogP contribution in [-0.2, 0) is 5.41 Å². The fourth-order valence-corrected chi connectivity index (χ4v) is 3.90. The molecular weight excluding hydrogens is 429 g/mol. The Morgan fingerprint density at radius 3 is 2.28 bits per heavy atom. The Bertz CT molecular complexity index is 601. The molecule has 3 rings (SSSR count). The van der Waals surface area contributed by atoms with Gasteiger partial charge in [-0.05, 0) is 30.5 Å². The van der Waals surface area contributed by atoms with Crippen molar-refractivity contribution in [3.05, 3.63) is 23.8 Å². The Kier molecular flexibility index (Phi) is 6.82. The number of nitrogens with zero attached hydrogens (tertiary/aromatic N) is 3. The third kappa shape index (κ3) is 4.33. The Morgan fingerprint density at radius 2 is 1.64 bits per heavy atom. The average molecular weight is 459 g/mol. The summed E-state index contributed by atoms with van der Waals surface area (Å²) in [4.78, 5) is 9.14. The molecule has 1 fully saturated rings. The second-order valence-electron chi connectivity index (χ2n) is 7.31. The summed E-state index contributed by atoms with van der Waals surface area (Å²) in [5.41, 5.74) is 1.45. The molecule has 1 saturated carbocycles. The minimum atomic E-state index is 0. The van der Waals surface area contributed by atoms with E-state index in [0.717, 1.165) is 24.0 Å². The van der Waals surface area contributed by atoms with Crippen molar-refractivity contribution in [2.45, 2.75) is 37.5 Å². The van der Waals surface area contributed by atoms with Gasteiger partial charge >= 0.3 is 0 Å². The van der Waals surface area contributed by atoms with Gasteiger partial charge in [0.05, 0.1) is 6.54 Å². The second kappa shape index (κ2) is 8.47. The minimum Gasteiger partial charge on any atom is -0.454 e. The van der Waals surface area contributed by atoms with Crippen molar-refractivity contribution in [2.24, 2.45) is 4.99 Å². The lowest BCUT2D eigenvalue weighted by Crippen LogP contribution is -2.38. The van der Waals surface area contributed by atoms with Crippen LogP contribution in [0.25, 0.3) is 0 Å². The molecule has 0 bridgehead atoms. The highest BCUT2D eigenvalue weighted by Gasteiger charge is 2.35. The lowest BCUT2D eigenvalue weighted by Gasteiger charge is -2.37. The van der Waals surface area contributed by atoms with Gasteiger partial charge in [0, 0.05) is 33.6 Å². The van der Waals surface area contributed by atoms with Gasteiger partial charge in [-0.25, -0.2) is 0 Å². The van der Waals surface area contributed by atoms with Gasteiger partial charge in [-0.1, -0.05) is 25.3 Å². The first-order valence-corrected chi connectivity index (χ1v) is 8.81. The third-order valence-electron chi connectivity index (χ3n) is 5.12. The molecule has 6 heteroatoms. The molecule has 1 aliphatic heterocycles. The lowest BCUT2D eigenvalue weighted by molar-refractivity contribution is 0.174. The standard InChI is InChI=1S/C19H29N3O2.HI/c1-21(2)18(22(3)4)20-13-19(10-6-5-7-11-19)15-8-9-16-17(12-15)24-14-23-16;/h8-9,12H,5-7,10-11,13-14H2,1-4H3;1H. The van der Waals surface area contributed by atoms with Crippen molar-refractivity contribution in [3.63, 3.8) is 0 Å². The van der Waals surface area contributed by atoms with Crippen LogP contribution in [0.15, 0.2) is 23.2 Å². The zero-order valence-corrected chi connectivity index (χ0v) is 18.1. The summed E-state index contributed by atoms with van der Waals surface area (Å²) in [5, 5.41) is 0. The van der Waals surface area contributed by atoms with Gasteiger partial charge < -0.3 is 19.3 Å². The van der Waals surface area contributed by atoms with Gasteiger partial charge in [0.15, 0.2) is 17.5 Å². The second-order valence-corrected chi connectivity index (χ2v) is 7.31. The molecule has 0 spiro atoms. The first-order chi connectivity index (χ1) is 11.5. The highest BCUT2D eigenvalue weighted by Crippen LogP contribution is 2.43. The van der Waals surface area contributed by atoms with Crippen LogP contribution in [0.2, 0.25) is 0 Å². The molecule has 140 valence electrons. The zero-order valence-electron chi connectivity index (χ0n) is 15.7. The summed E-state index contributed by atoms with van der Waals surface area (Å²) in [6.07, 6.45) is 6.23. The van der Waals surface area contributed by atoms with Crippen LogP contribution >= 0.6 is 24.0 Å². The quantitative estimate of drug-likeness (QED) is 0.393. The molecule has 25 heavy (non-hydrogen) atoms. The molecule has 0 amide bonds. The van der Waals surface area contributed by atoms with Gasteiger partial charge in [0.2, 0.25) is 6.79 Å². The number of rotatable bonds is 3. The van der Waals surface area contributed by atoms with Crippen LogP contribution < -0.4 is 9.47 Å². The molecule has 0 aromatic heterocycles. The lowest BCUT2D eigenvalue weighted by atomic mass is 9.69. The van der Waals surface area contributed by atoms with Crippen molar-refractivity contribution in [1.82, 2.24) is 9.80 Å². The molecule has 0 atom stereocenters. The molecule has 1 aromatic carbocycles. The van der Waals surface area contributed by atoms with Crippen LogP contribution in [0.5, 0.6) is 11.5 Å². The largest absolute Gasteiger partial charge is 0.454 e. The topological polar surface area (TPSA) is 37.3 Å². The summed E-state index contributed by atoms with van der Waals surface area (Å²) >= 11 is 0. The Labute approximate surface area is 168 Å². The molecule has 0 radical (unpaired) electrons. The van der Waals surface area contributed by atoms with E-state index < -0.39 is 0 Å². The summed E-state index contributed by atoms with van der Waals surface area (Å²) in [7, 11) is 8.19. The van der Waals surface area contributed by atoms with E-state index in [2.05, 4.69) is 28.0 Å². The van der Waals surface area contributed by atoms with Crippen molar-refractivity contribution in [2.75, 3.05) is 41.5 Å². The molecule has 0 unspecified atom stereocenters. The number of hydrogen-bond acceptors (Lipinski definition) is 3. The number of guanidine groups is 1.